The van der Waals surface area contributed by atoms with E-state index in [-0.39, 0.29) is 0 Å². The number of nitrogens with zero attached hydrogens (tertiary/aromatic N) is 2. The molecule has 1 N–H and O–H groups in total. The first-order chi connectivity index (χ1) is 3.83. The Balaban J connectivity index is 2.84. The molecule has 0 saturated heterocycles. The van der Waals surface area contributed by atoms with Crippen LogP contribution in [0.4, 0.5) is 5.13 Å². The Kier molecular flexibility index (Phi) is 1.80. The molecule has 0 amide bonds. The molecule has 0 fully saturated rings. The second-order valence-corrected chi connectivity index (χ2v) is 2.58. The largest absolute Gasteiger partial charge is 0.363 e. The van der Waals surface area contributed by atoms with Crippen LogP contribution in [0.25, 0.3) is 0 Å². The van der Waals surface area contributed by atoms with Crippen LogP contribution < -0.4 is 5.32 Å². The van der Waals surface area contributed by atoms with Crippen molar-refractivity contribution in [1.29, 1.82) is 0 Å². The minimum absolute atomic E-state index is 0.645. The minimum Gasteiger partial charge on any atom is -0.363 e. The van der Waals surface area contributed by atoms with Gasteiger partial charge in [-0.05, 0) is 15.9 Å². The third-order valence-electron chi connectivity index (χ3n) is 0.615. The SMILES string of the molecule is CNc1nc(Br)ns1. The van der Waals surface area contributed by atoms with E-state index in [1.807, 2.05) is 7.05 Å². The number of hydrogen-bond acceptors (Lipinski definition) is 4. The normalized spacial score (nSPS) is 9.25. The zero-order valence-electron chi connectivity index (χ0n) is 4.18. The Morgan fingerprint density at radius 3 is 2.75 bits per heavy atom. The summed E-state index contributed by atoms with van der Waals surface area (Å²) in [5, 5.41) is 3.69. The molecule has 0 unspecified atom stereocenters. The first-order valence-corrected chi connectivity index (χ1v) is 3.56. The topological polar surface area (TPSA) is 37.8 Å². The highest BCUT2D eigenvalue weighted by atomic mass is 79.9. The molecule has 0 atom stereocenters. The Labute approximate surface area is 59.4 Å². The highest BCUT2D eigenvalue weighted by Crippen LogP contribution is 2.12. The van der Waals surface area contributed by atoms with E-state index in [0.717, 1.165) is 5.13 Å². The predicted octanol–water partition coefficient (Wildman–Crippen LogP) is 1.34. The first kappa shape index (κ1) is 5.97. The lowest BCUT2D eigenvalue weighted by atomic mass is 11.1. The van der Waals surface area contributed by atoms with Crippen molar-refractivity contribution in [2.75, 3.05) is 12.4 Å². The molecule has 5 heteroatoms. The number of aromatic nitrogens is 2. The molecular weight excluding hydrogens is 190 g/mol. The third-order valence-corrected chi connectivity index (χ3v) is 1.94. The number of rotatable bonds is 1. The van der Waals surface area contributed by atoms with Gasteiger partial charge in [0.05, 0.1) is 0 Å². The summed E-state index contributed by atoms with van der Waals surface area (Å²) in [4.78, 5) is 3.94. The van der Waals surface area contributed by atoms with Crippen molar-refractivity contribution in [3.05, 3.63) is 4.73 Å². The Morgan fingerprint density at radius 2 is 2.50 bits per heavy atom. The smallest absolute Gasteiger partial charge is 0.210 e. The van der Waals surface area contributed by atoms with Gasteiger partial charge in [0.25, 0.3) is 0 Å². The highest BCUT2D eigenvalue weighted by molar-refractivity contribution is 9.10. The maximum Gasteiger partial charge on any atom is 0.210 e. The standard InChI is InChI=1S/C3H4BrN3S/c1-5-3-6-2(4)7-8-3/h1H3,(H,5,6,7). The molecule has 0 aliphatic rings. The highest BCUT2D eigenvalue weighted by Gasteiger charge is 1.94. The van der Waals surface area contributed by atoms with Crippen molar-refractivity contribution in [3.8, 4) is 0 Å². The fourth-order valence-electron chi connectivity index (χ4n) is 0.307. The predicted molar refractivity (Wildman–Crippen MR) is 37.2 cm³/mol. The zero-order chi connectivity index (χ0) is 5.98. The molecule has 0 bridgehead atoms. The van der Waals surface area contributed by atoms with Crippen molar-refractivity contribution in [3.63, 3.8) is 0 Å². The fourth-order valence-corrected chi connectivity index (χ4v) is 1.24. The average molecular weight is 194 g/mol. The van der Waals surface area contributed by atoms with Gasteiger partial charge >= 0.3 is 0 Å². The number of hydrogen-bond donors (Lipinski definition) is 1. The molecule has 0 aliphatic heterocycles. The van der Waals surface area contributed by atoms with E-state index in [2.05, 4.69) is 30.6 Å². The van der Waals surface area contributed by atoms with Crippen LogP contribution in [0.15, 0.2) is 4.73 Å². The van der Waals surface area contributed by atoms with E-state index in [9.17, 15) is 0 Å². The van der Waals surface area contributed by atoms with Crippen LogP contribution in [0.5, 0.6) is 0 Å². The van der Waals surface area contributed by atoms with E-state index < -0.39 is 0 Å². The molecule has 44 valence electrons. The first-order valence-electron chi connectivity index (χ1n) is 2.00. The van der Waals surface area contributed by atoms with Gasteiger partial charge in [0.15, 0.2) is 0 Å². The summed E-state index contributed by atoms with van der Waals surface area (Å²) in [6, 6.07) is 0. The molecule has 0 saturated carbocycles. The number of anilines is 1. The fraction of sp³-hybridized carbons (Fsp3) is 0.333. The van der Waals surface area contributed by atoms with E-state index in [4.69, 9.17) is 0 Å². The van der Waals surface area contributed by atoms with Crippen LogP contribution in [0.2, 0.25) is 0 Å². The molecule has 1 rings (SSSR count). The van der Waals surface area contributed by atoms with E-state index >= 15 is 0 Å². The van der Waals surface area contributed by atoms with Crippen molar-refractivity contribution in [1.82, 2.24) is 9.36 Å². The van der Waals surface area contributed by atoms with Gasteiger partial charge in [-0.25, -0.2) is 0 Å². The third kappa shape index (κ3) is 1.16. The van der Waals surface area contributed by atoms with Crippen LogP contribution >= 0.6 is 27.5 Å². The van der Waals surface area contributed by atoms with E-state index in [1.165, 1.54) is 11.5 Å². The lowest BCUT2D eigenvalue weighted by molar-refractivity contribution is 1.25. The van der Waals surface area contributed by atoms with Gasteiger partial charge in [-0.1, -0.05) is 0 Å². The Morgan fingerprint density at radius 1 is 1.75 bits per heavy atom. The molecule has 0 aromatic carbocycles. The van der Waals surface area contributed by atoms with Crippen LogP contribution in [0.3, 0.4) is 0 Å². The summed E-state index contributed by atoms with van der Waals surface area (Å²) < 4.78 is 4.52. The summed E-state index contributed by atoms with van der Waals surface area (Å²) in [7, 11) is 1.81. The second-order valence-electron chi connectivity index (χ2n) is 1.12. The Bertz CT molecular complexity index is 175. The summed E-state index contributed by atoms with van der Waals surface area (Å²) in [6.45, 7) is 0. The molecule has 0 radical (unpaired) electrons. The van der Waals surface area contributed by atoms with E-state index in [0.29, 0.717) is 4.73 Å². The lowest BCUT2D eigenvalue weighted by Crippen LogP contribution is -1.83. The van der Waals surface area contributed by atoms with Crippen molar-refractivity contribution < 1.29 is 0 Å². The van der Waals surface area contributed by atoms with Gasteiger partial charge in [0, 0.05) is 18.6 Å². The van der Waals surface area contributed by atoms with Gasteiger partial charge in [-0.15, -0.1) is 0 Å². The van der Waals surface area contributed by atoms with Crippen LogP contribution in [-0.4, -0.2) is 16.4 Å². The Hall–Kier alpha value is -0.160. The maximum atomic E-state index is 3.94. The number of halogens is 1. The second kappa shape index (κ2) is 2.41. The molecule has 1 aromatic rings. The van der Waals surface area contributed by atoms with Crippen molar-refractivity contribution >= 4 is 32.6 Å². The molecule has 0 aliphatic carbocycles. The quantitative estimate of drug-likeness (QED) is 0.732. The number of nitrogens with one attached hydrogen (secondary N) is 1. The van der Waals surface area contributed by atoms with Crippen LogP contribution in [0.1, 0.15) is 0 Å². The summed E-state index contributed by atoms with van der Waals surface area (Å²) >= 11 is 4.45. The van der Waals surface area contributed by atoms with Gasteiger partial charge < -0.3 is 5.32 Å². The average Bonchev–Trinajstić information content (AvgIpc) is 2.14. The summed E-state index contributed by atoms with van der Waals surface area (Å²) in [5.74, 6) is 0. The van der Waals surface area contributed by atoms with Gasteiger partial charge in [0.1, 0.15) is 0 Å². The summed E-state index contributed by atoms with van der Waals surface area (Å²) in [5.41, 5.74) is 0. The molecule has 8 heavy (non-hydrogen) atoms. The molecule has 3 nitrogen and oxygen atoms in total. The van der Waals surface area contributed by atoms with Gasteiger partial charge in [-0.2, -0.15) is 9.36 Å². The molecule has 1 heterocycles. The zero-order valence-corrected chi connectivity index (χ0v) is 6.58. The minimum atomic E-state index is 0.645. The summed E-state index contributed by atoms with van der Waals surface area (Å²) in [6.07, 6.45) is 0. The van der Waals surface area contributed by atoms with Crippen molar-refractivity contribution in [2.24, 2.45) is 0 Å². The van der Waals surface area contributed by atoms with Crippen LogP contribution in [0, 0.1) is 0 Å². The molecule has 0 spiro atoms. The van der Waals surface area contributed by atoms with Gasteiger partial charge in [0.2, 0.25) is 9.87 Å². The van der Waals surface area contributed by atoms with E-state index in [1.54, 1.807) is 0 Å². The van der Waals surface area contributed by atoms with Gasteiger partial charge in [-0.3, -0.25) is 0 Å². The van der Waals surface area contributed by atoms with Crippen LogP contribution in [-0.2, 0) is 0 Å². The van der Waals surface area contributed by atoms with Crippen molar-refractivity contribution in [2.45, 2.75) is 0 Å². The molecule has 1 aromatic heterocycles. The lowest BCUT2D eigenvalue weighted by Gasteiger charge is -1.82. The molecular formula is C3H4BrN3S. The monoisotopic (exact) mass is 193 g/mol. The maximum absolute atomic E-state index is 3.94.